The summed E-state index contributed by atoms with van der Waals surface area (Å²) in [6, 6.07) is 6.73. The van der Waals surface area contributed by atoms with Crippen molar-refractivity contribution in [2.24, 2.45) is 5.41 Å². The number of rotatable bonds is 4. The number of aryl methyl sites for hydroxylation is 1. The molecule has 1 aromatic carbocycles. The van der Waals surface area contributed by atoms with Crippen molar-refractivity contribution in [1.82, 2.24) is 9.78 Å². The summed E-state index contributed by atoms with van der Waals surface area (Å²) in [5.41, 5.74) is -0.799. The fourth-order valence-electron chi connectivity index (χ4n) is 2.02. The second-order valence-electron chi connectivity index (χ2n) is 6.26. The van der Waals surface area contributed by atoms with E-state index in [0.717, 1.165) is 0 Å². The average Bonchev–Trinajstić information content (AvgIpc) is 2.52. The van der Waals surface area contributed by atoms with Crippen LogP contribution in [0.2, 0.25) is 0 Å². The molecule has 0 aliphatic carbocycles. The first kappa shape index (κ1) is 16.9. The molecule has 0 saturated heterocycles. The summed E-state index contributed by atoms with van der Waals surface area (Å²) >= 11 is 0. The van der Waals surface area contributed by atoms with Gasteiger partial charge in [-0.2, -0.15) is 5.10 Å². The predicted molar refractivity (Wildman–Crippen MR) is 86.4 cm³/mol. The number of carbonyl (C=O) groups excluding carboxylic acids is 2. The number of hydrogen-bond donors (Lipinski definition) is 0. The van der Waals surface area contributed by atoms with Gasteiger partial charge in [0.1, 0.15) is 0 Å². The smallest absolute Gasteiger partial charge is 0.359 e. The Morgan fingerprint density at radius 3 is 2.35 bits per heavy atom. The van der Waals surface area contributed by atoms with Crippen LogP contribution < -0.4 is 5.56 Å². The van der Waals surface area contributed by atoms with E-state index < -0.39 is 11.4 Å². The van der Waals surface area contributed by atoms with Gasteiger partial charge in [-0.25, -0.2) is 9.48 Å². The second kappa shape index (κ2) is 6.32. The van der Waals surface area contributed by atoms with Crippen molar-refractivity contribution in [3.05, 3.63) is 40.3 Å². The van der Waals surface area contributed by atoms with Gasteiger partial charge in [-0.15, -0.1) is 0 Å². The molecule has 0 N–H and O–H groups in total. The predicted octanol–water partition coefficient (Wildman–Crippen LogP) is 2.19. The van der Waals surface area contributed by atoms with Crippen LogP contribution in [0, 0.1) is 5.41 Å². The summed E-state index contributed by atoms with van der Waals surface area (Å²) < 4.78 is 6.31. The number of ketones is 1. The van der Waals surface area contributed by atoms with Gasteiger partial charge in [0.25, 0.3) is 5.56 Å². The van der Waals surface area contributed by atoms with Crippen LogP contribution >= 0.6 is 0 Å². The topological polar surface area (TPSA) is 78.3 Å². The minimum Gasteiger partial charge on any atom is -0.453 e. The van der Waals surface area contributed by atoms with Crippen molar-refractivity contribution >= 4 is 22.5 Å². The number of Topliss-reactive ketones (excluding diaryl/α,β-unsaturated/α-hetero) is 1. The molecule has 0 fully saturated rings. The quantitative estimate of drug-likeness (QED) is 0.808. The number of esters is 1. The molecule has 1 heterocycles. The number of nitrogens with zero attached hydrogens (tertiary/aromatic N) is 2. The Labute approximate surface area is 134 Å². The average molecular weight is 316 g/mol. The SMILES string of the molecule is CCn1nc(C(=O)OCC(=O)C(C)(C)C)c2ccccc2c1=O. The monoisotopic (exact) mass is 316 g/mol. The number of aromatic nitrogens is 2. The van der Waals surface area contributed by atoms with Crippen LogP contribution in [0.15, 0.2) is 29.1 Å². The first-order valence-corrected chi connectivity index (χ1v) is 7.46. The van der Waals surface area contributed by atoms with Gasteiger partial charge in [-0.1, -0.05) is 39.0 Å². The summed E-state index contributed by atoms with van der Waals surface area (Å²) in [5.74, 6) is -0.889. The van der Waals surface area contributed by atoms with Crippen LogP contribution in [0.3, 0.4) is 0 Å². The van der Waals surface area contributed by atoms with Gasteiger partial charge in [-0.05, 0) is 13.0 Å². The van der Waals surface area contributed by atoms with Crippen LogP contribution in [-0.2, 0) is 16.1 Å². The maximum Gasteiger partial charge on any atom is 0.359 e. The van der Waals surface area contributed by atoms with Crippen molar-refractivity contribution in [2.45, 2.75) is 34.2 Å². The summed E-state index contributed by atoms with van der Waals surface area (Å²) in [7, 11) is 0. The molecular weight excluding hydrogens is 296 g/mol. The minimum absolute atomic E-state index is 0.0451. The van der Waals surface area contributed by atoms with Gasteiger partial charge in [0, 0.05) is 17.3 Å². The summed E-state index contributed by atoms with van der Waals surface area (Å²) in [6.45, 7) is 7.06. The molecule has 0 saturated carbocycles. The number of fused-ring (bicyclic) bond motifs is 1. The molecule has 0 aliphatic heterocycles. The molecule has 0 radical (unpaired) electrons. The van der Waals surface area contributed by atoms with Gasteiger partial charge < -0.3 is 4.74 Å². The molecule has 0 aliphatic rings. The standard InChI is InChI=1S/C17H20N2O4/c1-5-19-15(21)12-9-7-6-8-11(12)14(18-19)16(22)23-10-13(20)17(2,3)4/h6-9H,5,10H2,1-4H3. The third-order valence-corrected chi connectivity index (χ3v) is 3.53. The van der Waals surface area contributed by atoms with E-state index in [4.69, 9.17) is 4.74 Å². The largest absolute Gasteiger partial charge is 0.453 e. The maximum atomic E-state index is 12.3. The zero-order valence-electron chi connectivity index (χ0n) is 13.8. The number of hydrogen-bond acceptors (Lipinski definition) is 5. The highest BCUT2D eigenvalue weighted by molar-refractivity contribution is 6.02. The van der Waals surface area contributed by atoms with Crippen molar-refractivity contribution in [3.8, 4) is 0 Å². The van der Waals surface area contributed by atoms with E-state index in [0.29, 0.717) is 17.3 Å². The van der Waals surface area contributed by atoms with Crippen molar-refractivity contribution in [1.29, 1.82) is 0 Å². The zero-order valence-corrected chi connectivity index (χ0v) is 13.8. The molecule has 0 unspecified atom stereocenters. The Morgan fingerprint density at radius 1 is 1.17 bits per heavy atom. The molecule has 6 heteroatoms. The number of benzene rings is 1. The van der Waals surface area contributed by atoms with Gasteiger partial charge >= 0.3 is 5.97 Å². The third kappa shape index (κ3) is 3.47. The molecular formula is C17H20N2O4. The van der Waals surface area contributed by atoms with Gasteiger partial charge in [0.15, 0.2) is 18.1 Å². The number of ether oxygens (including phenoxy) is 1. The fourth-order valence-corrected chi connectivity index (χ4v) is 2.02. The van der Waals surface area contributed by atoms with E-state index in [1.165, 1.54) is 4.68 Å². The molecule has 122 valence electrons. The van der Waals surface area contributed by atoms with Crippen LogP contribution in [0.4, 0.5) is 0 Å². The molecule has 0 amide bonds. The minimum atomic E-state index is -0.707. The maximum absolute atomic E-state index is 12.3. The summed E-state index contributed by atoms with van der Waals surface area (Å²) in [5, 5.41) is 4.90. The van der Waals surface area contributed by atoms with Crippen molar-refractivity contribution in [3.63, 3.8) is 0 Å². The first-order valence-electron chi connectivity index (χ1n) is 7.46. The zero-order chi connectivity index (χ0) is 17.2. The Hall–Kier alpha value is -2.50. The molecule has 0 spiro atoms. The number of carbonyl (C=O) groups is 2. The Kier molecular flexibility index (Phi) is 4.63. The van der Waals surface area contributed by atoms with Crippen molar-refractivity contribution in [2.75, 3.05) is 6.61 Å². The first-order chi connectivity index (χ1) is 10.8. The van der Waals surface area contributed by atoms with Crippen LogP contribution in [0.5, 0.6) is 0 Å². The van der Waals surface area contributed by atoms with Gasteiger partial charge in [-0.3, -0.25) is 9.59 Å². The van der Waals surface area contributed by atoms with E-state index in [1.807, 2.05) is 0 Å². The van der Waals surface area contributed by atoms with Crippen LogP contribution in [0.1, 0.15) is 38.2 Å². The highest BCUT2D eigenvalue weighted by atomic mass is 16.5. The van der Waals surface area contributed by atoms with Crippen molar-refractivity contribution < 1.29 is 14.3 Å². The fraction of sp³-hybridized carbons (Fsp3) is 0.412. The lowest BCUT2D eigenvalue weighted by Crippen LogP contribution is -2.29. The lowest BCUT2D eigenvalue weighted by molar-refractivity contribution is -0.129. The lowest BCUT2D eigenvalue weighted by atomic mass is 9.91. The molecule has 23 heavy (non-hydrogen) atoms. The molecule has 0 atom stereocenters. The van der Waals surface area contributed by atoms with Gasteiger partial charge in [0.05, 0.1) is 5.39 Å². The van der Waals surface area contributed by atoms with E-state index in [1.54, 1.807) is 52.0 Å². The third-order valence-electron chi connectivity index (χ3n) is 3.53. The van der Waals surface area contributed by atoms with E-state index in [9.17, 15) is 14.4 Å². The molecule has 1 aromatic heterocycles. The summed E-state index contributed by atoms with van der Waals surface area (Å²) in [4.78, 5) is 36.4. The Bertz CT molecular complexity index is 815. The van der Waals surface area contributed by atoms with E-state index >= 15 is 0 Å². The highest BCUT2D eigenvalue weighted by Gasteiger charge is 2.24. The Balaban J connectivity index is 2.39. The lowest BCUT2D eigenvalue weighted by Gasteiger charge is -2.16. The highest BCUT2D eigenvalue weighted by Crippen LogP contribution is 2.17. The molecule has 6 nitrogen and oxygen atoms in total. The molecule has 0 bridgehead atoms. The normalized spacial score (nSPS) is 11.5. The second-order valence-corrected chi connectivity index (χ2v) is 6.26. The summed E-state index contributed by atoms with van der Waals surface area (Å²) in [6.07, 6.45) is 0. The molecule has 2 rings (SSSR count). The molecule has 2 aromatic rings. The Morgan fingerprint density at radius 2 is 1.78 bits per heavy atom. The van der Waals surface area contributed by atoms with E-state index in [-0.39, 0.29) is 23.6 Å². The van der Waals surface area contributed by atoms with E-state index in [2.05, 4.69) is 5.10 Å². The van der Waals surface area contributed by atoms with Crippen LogP contribution in [-0.4, -0.2) is 28.1 Å². The van der Waals surface area contributed by atoms with Crippen LogP contribution in [0.25, 0.3) is 10.8 Å². The van der Waals surface area contributed by atoms with Gasteiger partial charge in [0.2, 0.25) is 0 Å².